The van der Waals surface area contributed by atoms with Crippen LogP contribution in [0, 0.1) is 0 Å². The van der Waals surface area contributed by atoms with Crippen LogP contribution in [-0.4, -0.2) is 32.7 Å². The van der Waals surface area contributed by atoms with Gasteiger partial charge in [-0.3, -0.25) is 4.79 Å². The number of rotatable bonds is 6. The summed E-state index contributed by atoms with van der Waals surface area (Å²) in [4.78, 5) is 14.4. The number of carbonyl (C=O) groups is 1. The number of nitrogens with one attached hydrogen (secondary N) is 2. The lowest BCUT2D eigenvalue weighted by Crippen LogP contribution is -2.22. The van der Waals surface area contributed by atoms with Crippen LogP contribution in [0.3, 0.4) is 0 Å². The number of anilines is 3. The Kier molecular flexibility index (Phi) is 5.21. The van der Waals surface area contributed by atoms with Gasteiger partial charge in [0.05, 0.1) is 13.7 Å². The molecule has 5 nitrogen and oxygen atoms in total. The van der Waals surface area contributed by atoms with Crippen LogP contribution in [0.2, 0.25) is 0 Å². The molecule has 0 aromatic heterocycles. The van der Waals surface area contributed by atoms with E-state index in [9.17, 15) is 4.79 Å². The maximum atomic E-state index is 12.0. The van der Waals surface area contributed by atoms with Gasteiger partial charge < -0.3 is 20.3 Å². The molecule has 0 aliphatic carbocycles. The second-order valence-electron chi connectivity index (χ2n) is 5.87. The molecule has 0 spiro atoms. The minimum atomic E-state index is -0.0909. The highest BCUT2D eigenvalue weighted by Crippen LogP contribution is 2.22. The van der Waals surface area contributed by atoms with Crippen molar-refractivity contribution >= 4 is 23.0 Å². The molecule has 24 heavy (non-hydrogen) atoms. The molecular weight excluding hydrogens is 302 g/mol. The summed E-state index contributed by atoms with van der Waals surface area (Å²) in [6.45, 7) is 2.49. The summed E-state index contributed by atoms with van der Waals surface area (Å²) >= 11 is 0. The van der Waals surface area contributed by atoms with Crippen LogP contribution in [0.15, 0.2) is 48.5 Å². The smallest absolute Gasteiger partial charge is 0.243 e. The number of amides is 1. The van der Waals surface area contributed by atoms with Gasteiger partial charge in [-0.2, -0.15) is 0 Å². The molecule has 5 heteroatoms. The van der Waals surface area contributed by atoms with E-state index in [2.05, 4.69) is 27.7 Å². The van der Waals surface area contributed by atoms with E-state index in [1.807, 2.05) is 30.3 Å². The number of ether oxygens (including phenoxy) is 1. The predicted octanol–water partition coefficient (Wildman–Crippen LogP) is 3.35. The van der Waals surface area contributed by atoms with Crippen molar-refractivity contribution in [1.82, 2.24) is 0 Å². The zero-order chi connectivity index (χ0) is 16.8. The van der Waals surface area contributed by atoms with Crippen LogP contribution in [-0.2, 0) is 4.79 Å². The fourth-order valence-corrected chi connectivity index (χ4v) is 2.85. The normalized spacial score (nSPS) is 13.6. The summed E-state index contributed by atoms with van der Waals surface area (Å²) in [5.41, 5.74) is 2.92. The Morgan fingerprint density at radius 3 is 2.54 bits per heavy atom. The first kappa shape index (κ1) is 16.2. The summed E-state index contributed by atoms with van der Waals surface area (Å²) < 4.78 is 5.15. The molecule has 1 heterocycles. The minimum absolute atomic E-state index is 0.0909. The summed E-state index contributed by atoms with van der Waals surface area (Å²) in [5.74, 6) is 0.630. The molecule has 2 aromatic carbocycles. The van der Waals surface area contributed by atoms with Crippen LogP contribution in [0.25, 0.3) is 0 Å². The van der Waals surface area contributed by atoms with Crippen molar-refractivity contribution in [3.63, 3.8) is 0 Å². The molecule has 0 atom stereocenters. The Labute approximate surface area is 142 Å². The Bertz CT molecular complexity index is 679. The first-order valence-electron chi connectivity index (χ1n) is 8.27. The van der Waals surface area contributed by atoms with Gasteiger partial charge in [0.25, 0.3) is 0 Å². The third kappa shape index (κ3) is 4.19. The van der Waals surface area contributed by atoms with Crippen LogP contribution < -0.4 is 20.3 Å². The van der Waals surface area contributed by atoms with Crippen LogP contribution in [0.1, 0.15) is 12.8 Å². The predicted molar refractivity (Wildman–Crippen MR) is 98.0 cm³/mol. The second-order valence-corrected chi connectivity index (χ2v) is 5.87. The quantitative estimate of drug-likeness (QED) is 0.855. The van der Waals surface area contributed by atoms with E-state index in [1.54, 1.807) is 13.2 Å². The number of benzene rings is 2. The van der Waals surface area contributed by atoms with Gasteiger partial charge in [0.15, 0.2) is 0 Å². The summed E-state index contributed by atoms with van der Waals surface area (Å²) in [6.07, 6.45) is 2.54. The third-order valence-corrected chi connectivity index (χ3v) is 4.15. The van der Waals surface area contributed by atoms with Gasteiger partial charge >= 0.3 is 0 Å². The van der Waals surface area contributed by atoms with Crippen molar-refractivity contribution in [3.05, 3.63) is 48.5 Å². The molecule has 3 rings (SSSR count). The number of hydrogen-bond acceptors (Lipinski definition) is 4. The summed E-state index contributed by atoms with van der Waals surface area (Å²) in [6, 6.07) is 15.6. The van der Waals surface area contributed by atoms with Gasteiger partial charge in [-0.05, 0) is 49.2 Å². The number of carbonyl (C=O) groups excluding carboxylic acids is 1. The average molecular weight is 325 g/mol. The standard InChI is InChI=1S/C19H23N3O2/c1-24-18-6-4-5-16(13-18)21-19(23)14-20-15-7-9-17(10-8-15)22-11-2-3-12-22/h4-10,13,20H,2-3,11-12,14H2,1H3,(H,21,23). The van der Waals surface area contributed by atoms with Gasteiger partial charge in [-0.1, -0.05) is 6.07 Å². The van der Waals surface area contributed by atoms with Crippen molar-refractivity contribution in [2.75, 3.05) is 42.3 Å². The molecule has 0 radical (unpaired) electrons. The molecule has 2 aromatic rings. The van der Waals surface area contributed by atoms with E-state index in [1.165, 1.54) is 18.5 Å². The largest absolute Gasteiger partial charge is 0.497 e. The highest BCUT2D eigenvalue weighted by molar-refractivity contribution is 5.93. The molecule has 1 saturated heterocycles. The molecule has 2 N–H and O–H groups in total. The Morgan fingerprint density at radius 2 is 1.83 bits per heavy atom. The highest BCUT2D eigenvalue weighted by Gasteiger charge is 2.11. The molecular formula is C19H23N3O2. The molecule has 0 saturated carbocycles. The van der Waals surface area contributed by atoms with Crippen molar-refractivity contribution in [3.8, 4) is 5.75 Å². The van der Waals surface area contributed by atoms with Crippen LogP contribution in [0.4, 0.5) is 17.1 Å². The van der Waals surface area contributed by atoms with Gasteiger partial charge in [-0.15, -0.1) is 0 Å². The van der Waals surface area contributed by atoms with Crippen molar-refractivity contribution in [2.45, 2.75) is 12.8 Å². The Balaban J connectivity index is 1.50. The first-order chi connectivity index (χ1) is 11.7. The molecule has 1 amide bonds. The third-order valence-electron chi connectivity index (χ3n) is 4.15. The van der Waals surface area contributed by atoms with Crippen molar-refractivity contribution < 1.29 is 9.53 Å². The molecule has 1 aliphatic heterocycles. The average Bonchev–Trinajstić information content (AvgIpc) is 3.15. The summed E-state index contributed by atoms with van der Waals surface area (Å²) in [7, 11) is 1.61. The molecule has 1 fully saturated rings. The maximum absolute atomic E-state index is 12.0. The van der Waals surface area contributed by atoms with Crippen LogP contribution >= 0.6 is 0 Å². The minimum Gasteiger partial charge on any atom is -0.497 e. The van der Waals surface area contributed by atoms with Gasteiger partial charge in [0, 0.05) is 36.2 Å². The highest BCUT2D eigenvalue weighted by atomic mass is 16.5. The topological polar surface area (TPSA) is 53.6 Å². The summed E-state index contributed by atoms with van der Waals surface area (Å²) in [5, 5.41) is 6.00. The molecule has 1 aliphatic rings. The fraction of sp³-hybridized carbons (Fsp3) is 0.316. The molecule has 0 unspecified atom stereocenters. The zero-order valence-electron chi connectivity index (χ0n) is 13.9. The number of nitrogens with zero attached hydrogens (tertiary/aromatic N) is 1. The van der Waals surface area contributed by atoms with E-state index in [0.717, 1.165) is 30.2 Å². The van der Waals surface area contributed by atoms with Crippen molar-refractivity contribution in [2.24, 2.45) is 0 Å². The molecule has 0 bridgehead atoms. The first-order valence-corrected chi connectivity index (χ1v) is 8.27. The maximum Gasteiger partial charge on any atom is 0.243 e. The lowest BCUT2D eigenvalue weighted by molar-refractivity contribution is -0.114. The fourth-order valence-electron chi connectivity index (χ4n) is 2.85. The Hall–Kier alpha value is -2.69. The van der Waals surface area contributed by atoms with Crippen molar-refractivity contribution in [1.29, 1.82) is 0 Å². The van der Waals surface area contributed by atoms with E-state index in [-0.39, 0.29) is 12.5 Å². The lowest BCUT2D eigenvalue weighted by atomic mass is 10.2. The van der Waals surface area contributed by atoms with Gasteiger partial charge in [0.1, 0.15) is 5.75 Å². The van der Waals surface area contributed by atoms with Crippen LogP contribution in [0.5, 0.6) is 5.75 Å². The van der Waals surface area contributed by atoms with E-state index >= 15 is 0 Å². The van der Waals surface area contributed by atoms with E-state index < -0.39 is 0 Å². The number of hydrogen-bond donors (Lipinski definition) is 2. The number of methoxy groups -OCH3 is 1. The second kappa shape index (κ2) is 7.73. The molecule has 126 valence electrons. The zero-order valence-corrected chi connectivity index (χ0v) is 13.9. The van der Waals surface area contributed by atoms with E-state index in [4.69, 9.17) is 4.74 Å². The monoisotopic (exact) mass is 325 g/mol. The van der Waals surface area contributed by atoms with E-state index in [0.29, 0.717) is 0 Å². The van der Waals surface area contributed by atoms with Gasteiger partial charge in [-0.25, -0.2) is 0 Å². The SMILES string of the molecule is COc1cccc(NC(=O)CNc2ccc(N3CCCC3)cc2)c1. The lowest BCUT2D eigenvalue weighted by Gasteiger charge is -2.18. The Morgan fingerprint density at radius 1 is 1.08 bits per heavy atom. The van der Waals surface area contributed by atoms with Gasteiger partial charge in [0.2, 0.25) is 5.91 Å².